The van der Waals surface area contributed by atoms with E-state index in [1.54, 1.807) is 11.9 Å². The molecule has 0 aliphatic carbocycles. The van der Waals surface area contributed by atoms with Gasteiger partial charge in [-0.3, -0.25) is 9.69 Å². The Hall–Kier alpha value is -2.90. The van der Waals surface area contributed by atoms with Crippen molar-refractivity contribution in [3.05, 3.63) is 71.8 Å². The van der Waals surface area contributed by atoms with Crippen molar-refractivity contribution in [2.24, 2.45) is 0 Å². The Kier molecular flexibility index (Phi) is 9.07. The summed E-state index contributed by atoms with van der Waals surface area (Å²) in [7, 11) is 3.89. The molecule has 1 saturated heterocycles. The molecule has 1 fully saturated rings. The zero-order chi connectivity index (χ0) is 22.8. The monoisotopic (exact) mass is 437 g/mol. The summed E-state index contributed by atoms with van der Waals surface area (Å²) in [5, 5.41) is 6.02. The number of nitrogens with zero attached hydrogens (tertiary/aromatic N) is 3. The summed E-state index contributed by atoms with van der Waals surface area (Å²) < 4.78 is 0. The quantitative estimate of drug-likeness (QED) is 0.632. The highest BCUT2D eigenvalue weighted by Gasteiger charge is 2.21. The Bertz CT molecular complexity index is 838. The molecule has 2 N–H and O–H groups in total. The maximum Gasteiger partial charge on any atom is 0.317 e. The number of likely N-dealkylation sites (N-methyl/N-ethyl adjacent to an activating group) is 1. The maximum absolute atomic E-state index is 12.7. The number of nitrogens with one attached hydrogen (secondary N) is 2. The van der Waals surface area contributed by atoms with Crippen molar-refractivity contribution in [1.29, 1.82) is 0 Å². The fourth-order valence-electron chi connectivity index (χ4n) is 3.82. The minimum atomic E-state index is -0.182. The first kappa shape index (κ1) is 23.8. The second-order valence-corrected chi connectivity index (χ2v) is 8.46. The summed E-state index contributed by atoms with van der Waals surface area (Å²) >= 11 is 0. The second kappa shape index (κ2) is 12.2. The van der Waals surface area contributed by atoms with Gasteiger partial charge >= 0.3 is 6.03 Å². The van der Waals surface area contributed by atoms with Crippen LogP contribution in [0.25, 0.3) is 0 Å². The van der Waals surface area contributed by atoms with Gasteiger partial charge in [-0.2, -0.15) is 0 Å². The van der Waals surface area contributed by atoms with Crippen molar-refractivity contribution in [3.63, 3.8) is 0 Å². The number of urea groups is 1. The molecule has 7 nitrogen and oxygen atoms in total. The Balaban J connectivity index is 1.46. The van der Waals surface area contributed by atoms with Crippen LogP contribution >= 0.6 is 0 Å². The number of amides is 3. The first-order chi connectivity index (χ1) is 15.5. The maximum atomic E-state index is 12.7. The lowest BCUT2D eigenvalue weighted by atomic mass is 10.1. The fraction of sp³-hybridized carbons (Fsp3) is 0.440. The van der Waals surface area contributed by atoms with Crippen LogP contribution in [0.1, 0.15) is 23.6 Å². The van der Waals surface area contributed by atoms with Crippen LogP contribution in [-0.2, 0) is 11.3 Å². The van der Waals surface area contributed by atoms with Crippen molar-refractivity contribution in [1.82, 2.24) is 25.3 Å². The zero-order valence-electron chi connectivity index (χ0n) is 19.2. The molecule has 0 aromatic heterocycles. The molecular formula is C25H35N5O2. The van der Waals surface area contributed by atoms with Gasteiger partial charge < -0.3 is 20.4 Å². The smallest absolute Gasteiger partial charge is 0.317 e. The van der Waals surface area contributed by atoms with Crippen molar-refractivity contribution in [2.45, 2.75) is 19.0 Å². The number of piperazine rings is 1. The summed E-state index contributed by atoms with van der Waals surface area (Å²) in [6.07, 6.45) is 0.247. The van der Waals surface area contributed by atoms with Gasteiger partial charge in [-0.05, 0) is 18.2 Å². The van der Waals surface area contributed by atoms with Crippen LogP contribution < -0.4 is 10.6 Å². The van der Waals surface area contributed by atoms with E-state index in [1.165, 1.54) is 0 Å². The van der Waals surface area contributed by atoms with Gasteiger partial charge in [0.15, 0.2) is 0 Å². The standard InChI is InChI=1S/C25H35N5O2/c1-28-15-17-30(18-16-28)20-23(22-11-7-4-8-12-22)27-24(31)13-14-26-25(32)29(2)19-21-9-5-3-6-10-21/h3-12,23H,13-20H2,1-2H3,(H,26,32)(H,27,31). The molecule has 2 aromatic carbocycles. The highest BCUT2D eigenvalue weighted by molar-refractivity contribution is 5.78. The number of rotatable bonds is 9. The second-order valence-electron chi connectivity index (χ2n) is 8.46. The number of carbonyl (C=O) groups is 2. The molecule has 1 heterocycles. The molecule has 172 valence electrons. The molecule has 0 spiro atoms. The van der Waals surface area contributed by atoms with Crippen LogP contribution in [0.15, 0.2) is 60.7 Å². The average molecular weight is 438 g/mol. The van der Waals surface area contributed by atoms with Gasteiger partial charge in [0, 0.05) is 59.3 Å². The van der Waals surface area contributed by atoms with Gasteiger partial charge in [0.25, 0.3) is 0 Å². The van der Waals surface area contributed by atoms with E-state index >= 15 is 0 Å². The lowest BCUT2D eigenvalue weighted by molar-refractivity contribution is -0.121. The largest absolute Gasteiger partial charge is 0.348 e. The number of carbonyl (C=O) groups excluding carboxylic acids is 2. The summed E-state index contributed by atoms with van der Waals surface area (Å²) in [4.78, 5) is 31.3. The van der Waals surface area contributed by atoms with Crippen LogP contribution in [0.5, 0.6) is 0 Å². The molecule has 32 heavy (non-hydrogen) atoms. The van der Waals surface area contributed by atoms with E-state index in [4.69, 9.17) is 0 Å². The lowest BCUT2D eigenvalue weighted by Crippen LogP contribution is -2.48. The summed E-state index contributed by atoms with van der Waals surface area (Å²) in [5.41, 5.74) is 2.17. The van der Waals surface area contributed by atoms with E-state index in [0.29, 0.717) is 13.1 Å². The number of benzene rings is 2. The van der Waals surface area contributed by atoms with E-state index in [2.05, 4.69) is 39.6 Å². The molecular weight excluding hydrogens is 402 g/mol. The molecule has 1 aliphatic rings. The van der Waals surface area contributed by atoms with E-state index in [-0.39, 0.29) is 24.4 Å². The van der Waals surface area contributed by atoms with Gasteiger partial charge in [-0.25, -0.2) is 4.79 Å². The molecule has 0 radical (unpaired) electrons. The molecule has 1 atom stereocenters. The third kappa shape index (κ3) is 7.66. The summed E-state index contributed by atoms with van der Waals surface area (Å²) in [5.74, 6) is -0.0565. The van der Waals surface area contributed by atoms with E-state index < -0.39 is 0 Å². The zero-order valence-corrected chi connectivity index (χ0v) is 19.2. The predicted molar refractivity (Wildman–Crippen MR) is 127 cm³/mol. The van der Waals surface area contributed by atoms with Crippen molar-refractivity contribution in [2.75, 3.05) is 53.4 Å². The van der Waals surface area contributed by atoms with Gasteiger partial charge in [0.1, 0.15) is 0 Å². The molecule has 0 bridgehead atoms. The van der Waals surface area contributed by atoms with E-state index in [9.17, 15) is 9.59 Å². The van der Waals surface area contributed by atoms with Crippen molar-refractivity contribution < 1.29 is 9.59 Å². The Morgan fingerprint density at radius 3 is 2.25 bits per heavy atom. The predicted octanol–water partition coefficient (Wildman–Crippen LogP) is 2.32. The number of hydrogen-bond donors (Lipinski definition) is 2. The molecule has 2 aromatic rings. The summed E-state index contributed by atoms with van der Waals surface area (Å²) in [6.45, 7) is 5.70. The third-order valence-corrected chi connectivity index (χ3v) is 5.81. The normalized spacial score (nSPS) is 15.7. The molecule has 1 aliphatic heterocycles. The highest BCUT2D eigenvalue weighted by atomic mass is 16.2. The van der Waals surface area contributed by atoms with Gasteiger partial charge in [-0.1, -0.05) is 60.7 Å². The van der Waals surface area contributed by atoms with Gasteiger partial charge in [-0.15, -0.1) is 0 Å². The first-order valence-electron chi connectivity index (χ1n) is 11.3. The van der Waals surface area contributed by atoms with Gasteiger partial charge in [0.2, 0.25) is 5.91 Å². The molecule has 7 heteroatoms. The number of hydrogen-bond acceptors (Lipinski definition) is 4. The molecule has 3 amide bonds. The Morgan fingerprint density at radius 1 is 0.969 bits per heavy atom. The average Bonchev–Trinajstić information content (AvgIpc) is 2.81. The van der Waals surface area contributed by atoms with Crippen molar-refractivity contribution >= 4 is 11.9 Å². The van der Waals surface area contributed by atoms with Crippen LogP contribution in [0.3, 0.4) is 0 Å². The van der Waals surface area contributed by atoms with Crippen LogP contribution in [-0.4, -0.2) is 80.0 Å². The van der Waals surface area contributed by atoms with Crippen molar-refractivity contribution in [3.8, 4) is 0 Å². The SMILES string of the molecule is CN1CCN(CC(NC(=O)CCNC(=O)N(C)Cc2ccccc2)c2ccccc2)CC1. The fourth-order valence-corrected chi connectivity index (χ4v) is 3.82. The van der Waals surface area contributed by atoms with Crippen LogP contribution in [0.4, 0.5) is 4.79 Å². The Labute approximate surface area is 191 Å². The minimum absolute atomic E-state index is 0.0565. The molecule has 0 saturated carbocycles. The lowest BCUT2D eigenvalue weighted by Gasteiger charge is -2.35. The molecule has 3 rings (SSSR count). The minimum Gasteiger partial charge on any atom is -0.348 e. The topological polar surface area (TPSA) is 67.9 Å². The third-order valence-electron chi connectivity index (χ3n) is 5.81. The van der Waals surface area contributed by atoms with Gasteiger partial charge in [0.05, 0.1) is 6.04 Å². The first-order valence-corrected chi connectivity index (χ1v) is 11.3. The van der Waals surface area contributed by atoms with Crippen LogP contribution in [0, 0.1) is 0 Å². The molecule has 1 unspecified atom stereocenters. The summed E-state index contributed by atoms with van der Waals surface area (Å²) in [6, 6.07) is 19.7. The van der Waals surface area contributed by atoms with E-state index in [0.717, 1.165) is 43.9 Å². The van der Waals surface area contributed by atoms with Crippen LogP contribution in [0.2, 0.25) is 0 Å². The highest BCUT2D eigenvalue weighted by Crippen LogP contribution is 2.15. The van der Waals surface area contributed by atoms with E-state index in [1.807, 2.05) is 48.5 Å². The Morgan fingerprint density at radius 2 is 1.59 bits per heavy atom.